The van der Waals surface area contributed by atoms with E-state index in [0.717, 1.165) is 28.7 Å². The van der Waals surface area contributed by atoms with E-state index in [2.05, 4.69) is 22.2 Å². The van der Waals surface area contributed by atoms with Crippen LogP contribution in [0.4, 0.5) is 13.2 Å². The average molecular weight is 467 g/mol. The predicted molar refractivity (Wildman–Crippen MR) is 122 cm³/mol. The van der Waals surface area contributed by atoms with Gasteiger partial charge in [0, 0.05) is 12.6 Å². The van der Waals surface area contributed by atoms with Crippen molar-refractivity contribution in [3.63, 3.8) is 0 Å². The summed E-state index contributed by atoms with van der Waals surface area (Å²) >= 11 is 0. The van der Waals surface area contributed by atoms with Gasteiger partial charge < -0.3 is 10.2 Å². The molecule has 1 heterocycles. The van der Waals surface area contributed by atoms with Gasteiger partial charge >= 0.3 is 6.18 Å². The van der Waals surface area contributed by atoms with Gasteiger partial charge in [-0.25, -0.2) is 4.98 Å². The van der Waals surface area contributed by atoms with Crippen molar-refractivity contribution in [1.82, 2.24) is 19.8 Å². The topological polar surface area (TPSA) is 67.2 Å². The number of carbonyl (C=O) groups excluding carboxylic acids is 1. The summed E-state index contributed by atoms with van der Waals surface area (Å²) in [5.74, 6) is -0.490. The maximum Gasteiger partial charge on any atom is 0.438 e. The third-order valence-corrected chi connectivity index (χ3v) is 6.72. The van der Waals surface area contributed by atoms with Gasteiger partial charge in [-0.05, 0) is 76.9 Å². The van der Waals surface area contributed by atoms with Crippen LogP contribution < -0.4 is 10.9 Å². The Hall–Kier alpha value is -2.42. The minimum Gasteiger partial charge on any atom is -0.354 e. The zero-order chi connectivity index (χ0) is 24.3. The van der Waals surface area contributed by atoms with Crippen molar-refractivity contribution in [3.8, 4) is 0 Å². The number of nitrogens with one attached hydrogen (secondary N) is 1. The van der Waals surface area contributed by atoms with Gasteiger partial charge in [-0.15, -0.1) is 0 Å². The third kappa shape index (κ3) is 5.75. The molecule has 3 rings (SSSR count). The van der Waals surface area contributed by atoms with Crippen LogP contribution in [0, 0.1) is 13.8 Å². The van der Waals surface area contributed by atoms with Crippen molar-refractivity contribution >= 4 is 16.9 Å². The van der Waals surface area contributed by atoms with Crippen LogP contribution in [0.2, 0.25) is 0 Å². The molecule has 1 aromatic heterocycles. The molecule has 6 nitrogen and oxygen atoms in total. The molecule has 1 saturated carbocycles. The van der Waals surface area contributed by atoms with Crippen molar-refractivity contribution in [2.24, 2.45) is 0 Å². The lowest BCUT2D eigenvalue weighted by Gasteiger charge is -2.31. The normalized spacial score (nSPS) is 16.4. The summed E-state index contributed by atoms with van der Waals surface area (Å²) in [5.41, 5.74) is -0.998. The van der Waals surface area contributed by atoms with Crippen LogP contribution in [-0.2, 0) is 11.0 Å². The fourth-order valence-electron chi connectivity index (χ4n) is 4.54. The molecule has 1 aliphatic rings. The number of benzene rings is 1. The van der Waals surface area contributed by atoms with E-state index in [1.54, 1.807) is 19.9 Å². The Morgan fingerprint density at radius 3 is 2.48 bits per heavy atom. The first-order valence-corrected chi connectivity index (χ1v) is 11.6. The van der Waals surface area contributed by atoms with Crippen LogP contribution in [0.15, 0.2) is 16.9 Å². The van der Waals surface area contributed by atoms with Crippen molar-refractivity contribution < 1.29 is 18.0 Å². The minimum atomic E-state index is -4.91. The minimum absolute atomic E-state index is 0.0405. The zero-order valence-corrected chi connectivity index (χ0v) is 19.8. The first-order chi connectivity index (χ1) is 15.5. The lowest BCUT2D eigenvalue weighted by atomic mass is 9.94. The second kappa shape index (κ2) is 10.2. The Labute approximate surface area is 192 Å². The van der Waals surface area contributed by atoms with Crippen LogP contribution in [-0.4, -0.2) is 46.5 Å². The van der Waals surface area contributed by atoms with E-state index >= 15 is 0 Å². The zero-order valence-electron chi connectivity index (χ0n) is 19.8. The summed E-state index contributed by atoms with van der Waals surface area (Å²) < 4.78 is 41.4. The molecule has 0 radical (unpaired) electrons. The number of aryl methyl sites for hydroxylation is 2. The molecule has 0 saturated heterocycles. The summed E-state index contributed by atoms with van der Waals surface area (Å²) in [6.45, 7) is 6.23. The van der Waals surface area contributed by atoms with Gasteiger partial charge in [0.05, 0.1) is 11.0 Å². The standard InChI is InChI=1S/C24H33F3N4O2/c1-15-13-19-20(14-16(15)2)31(23(33)21(29-19)24(25,26)27)17(3)22(32)28-11-8-12-30(4)18-9-6-5-7-10-18/h13-14,17-18H,5-12H2,1-4H3,(H,28,32)/t17-/m0/s1. The molecule has 1 N–H and O–H groups in total. The van der Waals surface area contributed by atoms with E-state index in [1.165, 1.54) is 45.1 Å². The van der Waals surface area contributed by atoms with Gasteiger partial charge in [0.15, 0.2) is 0 Å². The maximum absolute atomic E-state index is 13.5. The molecule has 1 aromatic carbocycles. The lowest BCUT2D eigenvalue weighted by Crippen LogP contribution is -2.40. The Kier molecular flexibility index (Phi) is 7.82. The van der Waals surface area contributed by atoms with E-state index in [1.807, 2.05) is 0 Å². The molecule has 33 heavy (non-hydrogen) atoms. The highest BCUT2D eigenvalue weighted by Gasteiger charge is 2.38. The first kappa shape index (κ1) is 25.2. The highest BCUT2D eigenvalue weighted by molar-refractivity contribution is 5.84. The van der Waals surface area contributed by atoms with E-state index in [0.29, 0.717) is 12.6 Å². The molecule has 1 fully saturated rings. The number of hydrogen-bond donors (Lipinski definition) is 1. The number of halogens is 3. The van der Waals surface area contributed by atoms with Crippen LogP contribution in [0.25, 0.3) is 11.0 Å². The van der Waals surface area contributed by atoms with Crippen molar-refractivity contribution in [1.29, 1.82) is 0 Å². The maximum atomic E-state index is 13.5. The highest BCUT2D eigenvalue weighted by atomic mass is 19.4. The summed E-state index contributed by atoms with van der Waals surface area (Å²) in [6.07, 6.45) is 1.98. The Morgan fingerprint density at radius 2 is 1.85 bits per heavy atom. The Balaban J connectivity index is 1.77. The lowest BCUT2D eigenvalue weighted by molar-refractivity contribution is -0.142. The number of rotatable bonds is 7. The predicted octanol–water partition coefficient (Wildman–Crippen LogP) is 4.36. The highest BCUT2D eigenvalue weighted by Crippen LogP contribution is 2.28. The van der Waals surface area contributed by atoms with Gasteiger partial charge in [-0.2, -0.15) is 13.2 Å². The quantitative estimate of drug-likeness (QED) is 0.616. The molecule has 0 unspecified atom stereocenters. The molecular formula is C24H33F3N4O2. The van der Waals surface area contributed by atoms with Crippen LogP contribution in [0.1, 0.15) is 68.3 Å². The third-order valence-electron chi connectivity index (χ3n) is 6.72. The van der Waals surface area contributed by atoms with Gasteiger partial charge in [0.25, 0.3) is 5.56 Å². The fourth-order valence-corrected chi connectivity index (χ4v) is 4.54. The molecule has 1 aliphatic carbocycles. The molecule has 2 aromatic rings. The van der Waals surface area contributed by atoms with Crippen molar-refractivity contribution in [2.45, 2.75) is 77.6 Å². The summed E-state index contributed by atoms with van der Waals surface area (Å²) in [4.78, 5) is 31.5. The number of nitrogens with zero attached hydrogens (tertiary/aromatic N) is 3. The average Bonchev–Trinajstić information content (AvgIpc) is 2.76. The van der Waals surface area contributed by atoms with E-state index in [9.17, 15) is 22.8 Å². The molecule has 1 amide bonds. The molecule has 182 valence electrons. The van der Waals surface area contributed by atoms with Gasteiger partial charge in [0.2, 0.25) is 11.6 Å². The van der Waals surface area contributed by atoms with Crippen LogP contribution in [0.3, 0.4) is 0 Å². The van der Waals surface area contributed by atoms with Gasteiger partial charge in [0.1, 0.15) is 6.04 Å². The summed E-state index contributed by atoms with van der Waals surface area (Å²) in [6, 6.07) is 2.59. The number of aromatic nitrogens is 2. The molecule has 0 aliphatic heterocycles. The summed E-state index contributed by atoms with van der Waals surface area (Å²) in [5, 5.41) is 2.79. The first-order valence-electron chi connectivity index (χ1n) is 11.6. The Morgan fingerprint density at radius 1 is 1.21 bits per heavy atom. The molecule has 0 bridgehead atoms. The Bertz CT molecular complexity index is 1060. The molecule has 9 heteroatoms. The number of fused-ring (bicyclic) bond motifs is 1. The second-order valence-electron chi connectivity index (χ2n) is 9.15. The van der Waals surface area contributed by atoms with Crippen LogP contribution in [0.5, 0.6) is 0 Å². The van der Waals surface area contributed by atoms with Crippen molar-refractivity contribution in [3.05, 3.63) is 39.3 Å². The largest absolute Gasteiger partial charge is 0.438 e. The van der Waals surface area contributed by atoms with Crippen molar-refractivity contribution in [2.75, 3.05) is 20.1 Å². The monoisotopic (exact) mass is 466 g/mol. The van der Waals surface area contributed by atoms with E-state index in [4.69, 9.17) is 0 Å². The number of carbonyl (C=O) groups is 1. The number of hydrogen-bond acceptors (Lipinski definition) is 4. The number of amides is 1. The molecule has 1 atom stereocenters. The SMILES string of the molecule is Cc1cc2nc(C(F)(F)F)c(=O)n([C@@H](C)C(=O)NCCCN(C)C3CCCCC3)c2cc1C. The van der Waals surface area contributed by atoms with E-state index in [-0.39, 0.29) is 11.0 Å². The molecule has 0 spiro atoms. The fraction of sp³-hybridized carbons (Fsp3) is 0.625. The second-order valence-corrected chi connectivity index (χ2v) is 9.15. The number of alkyl halides is 3. The smallest absolute Gasteiger partial charge is 0.354 e. The molecular weight excluding hydrogens is 433 g/mol. The summed E-state index contributed by atoms with van der Waals surface area (Å²) in [7, 11) is 2.09. The van der Waals surface area contributed by atoms with Gasteiger partial charge in [-0.1, -0.05) is 19.3 Å². The van der Waals surface area contributed by atoms with Gasteiger partial charge in [-0.3, -0.25) is 14.2 Å². The van der Waals surface area contributed by atoms with Crippen LogP contribution >= 0.6 is 0 Å². The van der Waals surface area contributed by atoms with E-state index < -0.39 is 29.4 Å².